The first kappa shape index (κ1) is 20.6. The van der Waals surface area contributed by atoms with E-state index < -0.39 is 12.1 Å². The van der Waals surface area contributed by atoms with Gasteiger partial charge in [0.15, 0.2) is 0 Å². The van der Waals surface area contributed by atoms with Crippen molar-refractivity contribution in [2.75, 3.05) is 0 Å². The van der Waals surface area contributed by atoms with E-state index in [4.69, 9.17) is 10.2 Å². The summed E-state index contributed by atoms with van der Waals surface area (Å²) >= 11 is 0. The zero-order chi connectivity index (χ0) is 10.3. The molecule has 6 heteroatoms. The van der Waals surface area contributed by atoms with Gasteiger partial charge in [0.25, 0.3) is 5.97 Å². The molecule has 0 radical (unpaired) electrons. The largest absolute Gasteiger partial charge is 1.00 e. The molecule has 0 fully saturated rings. The maximum Gasteiger partial charge on any atom is 1.00 e. The standard InChI is InChI=1S/C9H17O4.Rb.Rf/c1-7(10)5-3-2-4-6-8(11)9(12)13;;/h7-8,10H,2-6H2,1H3,(H,12,13);;/q-1;+1;. The molecule has 0 saturated carbocycles. The SMILES string of the molecule is CC(O)CCCCCC([O-])C(=O)O.[Rb+].[Rf]. The molecule has 0 spiro atoms. The third-order valence-electron chi connectivity index (χ3n) is 1.86. The Morgan fingerprint density at radius 2 is 1.73 bits per heavy atom. The number of carbonyl (C=O) groups is 1. The Labute approximate surface area is 133 Å². The van der Waals surface area contributed by atoms with Gasteiger partial charge in [-0.15, -0.1) is 0 Å². The summed E-state index contributed by atoms with van der Waals surface area (Å²) in [6.45, 7) is 1.72. The smallest absolute Gasteiger partial charge is 0.844 e. The minimum atomic E-state index is -1.48. The number of aliphatic hydroxyl groups excluding tert-OH is 1. The average molecular weight is 542 g/mol. The first-order valence-electron chi connectivity index (χ1n) is 4.60. The van der Waals surface area contributed by atoms with Crippen molar-refractivity contribution in [3.05, 3.63) is 0 Å². The van der Waals surface area contributed by atoms with E-state index in [2.05, 4.69) is 0 Å². The van der Waals surface area contributed by atoms with Gasteiger partial charge in [0.1, 0.15) is 0 Å². The van der Waals surface area contributed by atoms with Crippen molar-refractivity contribution in [3.8, 4) is 0 Å². The van der Waals surface area contributed by atoms with E-state index in [1.54, 1.807) is 6.92 Å². The van der Waals surface area contributed by atoms with Crippen molar-refractivity contribution in [2.45, 2.75) is 51.2 Å². The zero-order valence-electron chi connectivity index (χ0n) is 9.61. The zero-order valence-corrected chi connectivity index (χ0v) is 20.9. The summed E-state index contributed by atoms with van der Waals surface area (Å²) in [6.07, 6.45) is 1.42. The maximum atomic E-state index is 10.7. The number of carboxylic acid groups (broad SMARTS) is 1. The van der Waals surface area contributed by atoms with Crippen LogP contribution in [0.15, 0.2) is 0 Å². The molecular weight excluding hydrogens is 525 g/mol. The van der Waals surface area contributed by atoms with Gasteiger partial charge in [0.05, 0.1) is 6.10 Å². The summed E-state index contributed by atoms with van der Waals surface area (Å²) in [7, 11) is 0. The van der Waals surface area contributed by atoms with E-state index in [0.717, 1.165) is 19.3 Å². The van der Waals surface area contributed by atoms with Gasteiger partial charge < -0.3 is 15.3 Å². The van der Waals surface area contributed by atoms with Gasteiger partial charge in [-0.25, -0.2) is 0 Å². The molecule has 2 N–H and O–H groups in total. The molecule has 0 rings (SSSR count). The van der Waals surface area contributed by atoms with Crippen LogP contribution in [0, 0.1) is 0 Å². The molecule has 2 atom stereocenters. The predicted octanol–water partition coefficient (Wildman–Crippen LogP) is -2.86. The van der Waals surface area contributed by atoms with Crippen LogP contribution in [0.4, 0.5) is 0 Å². The third-order valence-corrected chi connectivity index (χ3v) is 1.86. The third kappa shape index (κ3) is 14.2. The van der Waals surface area contributed by atoms with Crippen LogP contribution < -0.4 is 63.3 Å². The summed E-state index contributed by atoms with van der Waals surface area (Å²) in [5.41, 5.74) is 0. The quantitative estimate of drug-likeness (QED) is 0.340. The van der Waals surface area contributed by atoms with Gasteiger partial charge >= 0.3 is 58.2 Å². The van der Waals surface area contributed by atoms with Crippen LogP contribution in [-0.4, -0.2) is 28.4 Å². The van der Waals surface area contributed by atoms with E-state index in [-0.39, 0.29) is 70.7 Å². The number of unbranched alkanes of at least 4 members (excludes halogenated alkanes) is 2. The van der Waals surface area contributed by atoms with Crippen molar-refractivity contribution >= 4 is 5.97 Å². The van der Waals surface area contributed by atoms with Crippen molar-refractivity contribution in [2.24, 2.45) is 0 Å². The maximum absolute atomic E-state index is 10.7. The van der Waals surface area contributed by atoms with E-state index in [1.807, 2.05) is 0 Å². The van der Waals surface area contributed by atoms with Crippen molar-refractivity contribution in [3.63, 3.8) is 0 Å². The summed E-state index contributed by atoms with van der Waals surface area (Å²) < 4.78 is 0. The molecule has 0 aromatic rings. The molecule has 0 aromatic carbocycles. The Balaban J connectivity index is -0.000000720. The minimum absolute atomic E-state index is 0. The number of aliphatic carboxylic acids is 1. The summed E-state index contributed by atoms with van der Waals surface area (Å²) in [6, 6.07) is 0. The second kappa shape index (κ2) is 12.3. The number of rotatable bonds is 7. The second-order valence-corrected chi connectivity index (χ2v) is 3.31. The van der Waals surface area contributed by atoms with Crippen LogP contribution in [-0.2, 0) is 4.79 Å². The van der Waals surface area contributed by atoms with Crippen LogP contribution in [0.1, 0.15) is 39.0 Å². The monoisotopic (exact) mass is 541 g/mol. The van der Waals surface area contributed by atoms with Crippen molar-refractivity contribution in [1.82, 2.24) is 0 Å². The molecule has 0 heterocycles. The molecule has 0 aromatic heterocycles. The van der Waals surface area contributed by atoms with Crippen molar-refractivity contribution < 1.29 is 78.3 Å². The molecule has 0 amide bonds. The Morgan fingerprint density at radius 1 is 1.27 bits per heavy atom. The number of hydrogen-bond donors (Lipinski definition) is 2. The topological polar surface area (TPSA) is 80.6 Å². The minimum Gasteiger partial charge on any atom is -0.844 e. The van der Waals surface area contributed by atoms with Gasteiger partial charge in [-0.3, -0.25) is 4.79 Å². The molecule has 15 heavy (non-hydrogen) atoms. The van der Waals surface area contributed by atoms with Crippen LogP contribution in [0.2, 0.25) is 0 Å². The molecule has 0 saturated heterocycles. The fourth-order valence-electron chi connectivity index (χ4n) is 1.07. The molecule has 4 nitrogen and oxygen atoms in total. The molecule has 0 aliphatic heterocycles. The van der Waals surface area contributed by atoms with Crippen LogP contribution in [0.25, 0.3) is 0 Å². The Hall–Kier alpha value is 0.195. The summed E-state index contributed by atoms with van der Waals surface area (Å²) in [4.78, 5) is 10.1. The normalized spacial score (nSPS) is 13.3. The van der Waals surface area contributed by atoms with E-state index >= 15 is 0 Å². The number of hydrogen-bond acceptors (Lipinski definition) is 3. The number of carboxylic acids is 1. The molecule has 0 aliphatic rings. The van der Waals surface area contributed by atoms with Gasteiger partial charge in [0.2, 0.25) is 0 Å². The molecule has 80 valence electrons. The first-order chi connectivity index (χ1) is 6.04. The van der Waals surface area contributed by atoms with Gasteiger partial charge in [0, 0.05) is 0 Å². The molecule has 0 bridgehead atoms. The van der Waals surface area contributed by atoms with Crippen molar-refractivity contribution in [1.29, 1.82) is 0 Å². The molecule has 0 aliphatic carbocycles. The van der Waals surface area contributed by atoms with Gasteiger partial charge in [-0.1, -0.05) is 25.7 Å². The fraction of sp³-hybridized carbons (Fsp3) is 0.889. The Bertz CT molecular complexity index is 155. The van der Waals surface area contributed by atoms with E-state index in [1.165, 1.54) is 0 Å². The molecule has 2 unspecified atom stereocenters. The van der Waals surface area contributed by atoms with Gasteiger partial charge in [-0.05, 0) is 19.4 Å². The Morgan fingerprint density at radius 3 is 2.13 bits per heavy atom. The second-order valence-electron chi connectivity index (χ2n) is 3.31. The Kier molecular flexibility index (Phi) is 16.8. The van der Waals surface area contributed by atoms with E-state index in [0.29, 0.717) is 6.42 Å². The first-order valence-corrected chi connectivity index (χ1v) is 4.60. The van der Waals surface area contributed by atoms with Gasteiger partial charge in [-0.2, -0.15) is 0 Å². The fourth-order valence-corrected chi connectivity index (χ4v) is 1.07. The van der Waals surface area contributed by atoms with Crippen LogP contribution in [0.5, 0.6) is 0 Å². The van der Waals surface area contributed by atoms with Crippen LogP contribution in [0.3, 0.4) is 0 Å². The summed E-state index contributed by atoms with van der Waals surface area (Å²) in [5, 5.41) is 27.8. The van der Waals surface area contributed by atoms with E-state index in [9.17, 15) is 9.90 Å². The number of aliphatic hydroxyl groups is 1. The summed E-state index contributed by atoms with van der Waals surface area (Å²) in [5.74, 6) is -1.27. The molecular formula is C9H17O4RbRf. The average Bonchev–Trinajstić information content (AvgIpc) is 2.02. The predicted molar refractivity (Wildman–Crippen MR) is 46.2 cm³/mol. The van der Waals surface area contributed by atoms with Crippen LogP contribution >= 0.6 is 0 Å².